The number of aliphatic hydroxyl groups excluding tert-OH is 1. The molecule has 2 rings (SSSR count). The lowest BCUT2D eigenvalue weighted by molar-refractivity contribution is -0.0425. The van der Waals surface area contributed by atoms with Crippen molar-refractivity contribution in [3.8, 4) is 0 Å². The number of ether oxygens (including phenoxy) is 2. The van der Waals surface area contributed by atoms with E-state index in [1.165, 1.54) is 64.2 Å². The first-order valence-electron chi connectivity index (χ1n) is 13.7. The van der Waals surface area contributed by atoms with Gasteiger partial charge in [0.15, 0.2) is 0 Å². The molecule has 2 saturated heterocycles. The molecular weight excluding hydrogens is 384 g/mol. The molecule has 31 heavy (non-hydrogen) atoms. The molecule has 0 aromatic heterocycles. The first-order valence-corrected chi connectivity index (χ1v) is 13.7. The molecule has 0 saturated carbocycles. The van der Waals surface area contributed by atoms with Gasteiger partial charge in [-0.1, -0.05) is 73.1 Å². The Balaban J connectivity index is 1.50. The maximum atomic E-state index is 9.13. The van der Waals surface area contributed by atoms with Crippen molar-refractivity contribution >= 4 is 0 Å². The van der Waals surface area contributed by atoms with Crippen molar-refractivity contribution in [3.63, 3.8) is 0 Å². The molecule has 8 atom stereocenters. The fraction of sp³-hybridized carbons (Fsp3) is 1.00. The van der Waals surface area contributed by atoms with Crippen LogP contribution in [-0.2, 0) is 9.47 Å². The van der Waals surface area contributed by atoms with Gasteiger partial charge in [0.2, 0.25) is 0 Å². The van der Waals surface area contributed by atoms with E-state index in [1.54, 1.807) is 0 Å². The molecule has 0 spiro atoms. The highest BCUT2D eigenvalue weighted by Gasteiger charge is 2.42. The van der Waals surface area contributed by atoms with Crippen LogP contribution < -0.4 is 0 Å². The molecule has 0 aromatic rings. The van der Waals surface area contributed by atoms with Crippen molar-refractivity contribution in [1.29, 1.82) is 0 Å². The van der Waals surface area contributed by atoms with Gasteiger partial charge in [-0.25, -0.2) is 0 Å². The zero-order valence-electron chi connectivity index (χ0n) is 21.7. The second-order valence-corrected chi connectivity index (χ2v) is 11.8. The number of epoxide rings is 1. The van der Waals surface area contributed by atoms with E-state index in [0.717, 1.165) is 42.9 Å². The molecule has 3 heteroatoms. The Labute approximate surface area is 194 Å². The zero-order valence-corrected chi connectivity index (χ0v) is 21.7. The zero-order chi connectivity index (χ0) is 22.9. The van der Waals surface area contributed by atoms with Gasteiger partial charge in [-0.2, -0.15) is 0 Å². The van der Waals surface area contributed by atoms with Crippen LogP contribution in [0.4, 0.5) is 0 Å². The summed E-state index contributed by atoms with van der Waals surface area (Å²) in [5.74, 6) is 3.19. The fourth-order valence-electron chi connectivity index (χ4n) is 6.06. The van der Waals surface area contributed by atoms with Crippen LogP contribution in [-0.4, -0.2) is 35.6 Å². The van der Waals surface area contributed by atoms with Crippen LogP contribution in [0.1, 0.15) is 125 Å². The second-order valence-electron chi connectivity index (χ2n) is 11.8. The summed E-state index contributed by atoms with van der Waals surface area (Å²) in [5, 5.41) is 9.13. The summed E-state index contributed by atoms with van der Waals surface area (Å²) < 4.78 is 12.2. The van der Waals surface area contributed by atoms with Crippen LogP contribution >= 0.6 is 0 Å². The first-order chi connectivity index (χ1) is 14.8. The van der Waals surface area contributed by atoms with E-state index in [4.69, 9.17) is 14.6 Å². The van der Waals surface area contributed by atoms with Crippen LogP contribution in [0, 0.1) is 23.7 Å². The molecule has 8 unspecified atom stereocenters. The van der Waals surface area contributed by atoms with E-state index in [0.29, 0.717) is 12.2 Å². The molecule has 3 nitrogen and oxygen atoms in total. The van der Waals surface area contributed by atoms with Crippen LogP contribution in [0.2, 0.25) is 0 Å². The Morgan fingerprint density at radius 2 is 1.65 bits per heavy atom. The van der Waals surface area contributed by atoms with Gasteiger partial charge in [0.1, 0.15) is 0 Å². The van der Waals surface area contributed by atoms with E-state index < -0.39 is 0 Å². The normalized spacial score (nSPS) is 32.0. The molecule has 184 valence electrons. The van der Waals surface area contributed by atoms with Crippen molar-refractivity contribution in [2.45, 2.75) is 149 Å². The molecule has 2 aliphatic heterocycles. The maximum absolute atomic E-state index is 9.13. The number of aliphatic hydroxyl groups is 1. The number of hydrogen-bond acceptors (Lipinski definition) is 3. The lowest BCUT2D eigenvalue weighted by Gasteiger charge is -2.26. The summed E-state index contributed by atoms with van der Waals surface area (Å²) >= 11 is 0. The minimum Gasteiger partial charge on any atom is -0.396 e. The Hall–Kier alpha value is -0.120. The first kappa shape index (κ1) is 27.1. The standard InChI is InChI=1S/C28H54O3/c1-7-10-24(5)27-26(30-27)20-23(4)12-8-11-21(2)19-22(3)13-9-16-28(6)17-14-25(31-28)15-18-29/h21-27,29H,7-20H2,1-6H3. The summed E-state index contributed by atoms with van der Waals surface area (Å²) in [6.07, 6.45) is 17.5. The van der Waals surface area contributed by atoms with E-state index in [2.05, 4.69) is 41.5 Å². The Bertz CT molecular complexity index is 481. The SMILES string of the molecule is CCCC(C)C1OC1CC(C)CCCC(C)CC(C)CCCC1(C)CCC(CCO)O1. The molecule has 2 fully saturated rings. The van der Waals surface area contributed by atoms with Crippen molar-refractivity contribution < 1.29 is 14.6 Å². The molecule has 0 amide bonds. The van der Waals surface area contributed by atoms with Gasteiger partial charge in [0, 0.05) is 6.61 Å². The third kappa shape index (κ3) is 10.1. The highest BCUT2D eigenvalue weighted by molar-refractivity contribution is 4.89. The van der Waals surface area contributed by atoms with Gasteiger partial charge in [-0.15, -0.1) is 0 Å². The molecule has 2 heterocycles. The fourth-order valence-corrected chi connectivity index (χ4v) is 6.06. The van der Waals surface area contributed by atoms with Gasteiger partial charge in [-0.3, -0.25) is 0 Å². The minimum absolute atomic E-state index is 0.0555. The van der Waals surface area contributed by atoms with Crippen molar-refractivity contribution in [2.75, 3.05) is 6.61 Å². The van der Waals surface area contributed by atoms with Gasteiger partial charge in [-0.05, 0) is 75.5 Å². The number of hydrogen-bond donors (Lipinski definition) is 1. The highest BCUT2D eigenvalue weighted by atomic mass is 16.6. The second kappa shape index (κ2) is 13.6. The predicted molar refractivity (Wildman–Crippen MR) is 131 cm³/mol. The van der Waals surface area contributed by atoms with E-state index in [9.17, 15) is 0 Å². The summed E-state index contributed by atoms with van der Waals surface area (Å²) in [7, 11) is 0. The predicted octanol–water partition coefficient (Wildman–Crippen LogP) is 7.54. The molecule has 0 aliphatic carbocycles. The van der Waals surface area contributed by atoms with Gasteiger partial charge < -0.3 is 14.6 Å². The molecule has 0 aromatic carbocycles. The highest BCUT2D eigenvalue weighted by Crippen LogP contribution is 2.38. The quantitative estimate of drug-likeness (QED) is 0.238. The van der Waals surface area contributed by atoms with E-state index in [1.807, 2.05) is 0 Å². The number of rotatable bonds is 17. The molecule has 1 N–H and O–H groups in total. The summed E-state index contributed by atoms with van der Waals surface area (Å²) in [4.78, 5) is 0. The topological polar surface area (TPSA) is 42.0 Å². The molecule has 0 radical (unpaired) electrons. The summed E-state index contributed by atoms with van der Waals surface area (Å²) in [6, 6.07) is 0. The van der Waals surface area contributed by atoms with E-state index >= 15 is 0 Å². The van der Waals surface area contributed by atoms with Crippen molar-refractivity contribution in [1.82, 2.24) is 0 Å². The minimum atomic E-state index is 0.0555. The van der Waals surface area contributed by atoms with Crippen molar-refractivity contribution in [3.05, 3.63) is 0 Å². The summed E-state index contributed by atoms with van der Waals surface area (Å²) in [6.45, 7) is 14.5. The monoisotopic (exact) mass is 438 g/mol. The average Bonchev–Trinajstić information content (AvgIpc) is 3.36. The Morgan fingerprint density at radius 1 is 0.968 bits per heavy atom. The largest absolute Gasteiger partial charge is 0.396 e. The van der Waals surface area contributed by atoms with Crippen molar-refractivity contribution in [2.24, 2.45) is 23.7 Å². The lowest BCUT2D eigenvalue weighted by Crippen LogP contribution is -2.25. The van der Waals surface area contributed by atoms with Crippen LogP contribution in [0.5, 0.6) is 0 Å². The lowest BCUT2D eigenvalue weighted by atomic mass is 9.86. The third-order valence-corrected chi connectivity index (χ3v) is 8.06. The van der Waals surface area contributed by atoms with Crippen LogP contribution in [0.15, 0.2) is 0 Å². The van der Waals surface area contributed by atoms with E-state index in [-0.39, 0.29) is 18.3 Å². The molecular formula is C28H54O3. The maximum Gasteiger partial charge on any atom is 0.0867 e. The average molecular weight is 439 g/mol. The Kier molecular flexibility index (Phi) is 11.9. The molecule has 0 bridgehead atoms. The third-order valence-electron chi connectivity index (χ3n) is 8.06. The smallest absolute Gasteiger partial charge is 0.0867 e. The van der Waals surface area contributed by atoms with Gasteiger partial charge in [0.25, 0.3) is 0 Å². The Morgan fingerprint density at radius 3 is 2.32 bits per heavy atom. The van der Waals surface area contributed by atoms with Gasteiger partial charge >= 0.3 is 0 Å². The van der Waals surface area contributed by atoms with Gasteiger partial charge in [0.05, 0.1) is 23.9 Å². The summed E-state index contributed by atoms with van der Waals surface area (Å²) in [5.41, 5.74) is 0.0555. The van der Waals surface area contributed by atoms with Crippen LogP contribution in [0.3, 0.4) is 0 Å². The van der Waals surface area contributed by atoms with Crippen LogP contribution in [0.25, 0.3) is 0 Å². The molecule has 2 aliphatic rings.